The molecule has 41 heavy (non-hydrogen) atoms. The molecule has 2 aromatic heterocycles. The highest BCUT2D eigenvalue weighted by molar-refractivity contribution is 7.07. The summed E-state index contributed by atoms with van der Waals surface area (Å²) in [6.07, 6.45) is 7.09. The van der Waals surface area contributed by atoms with Crippen molar-refractivity contribution < 1.29 is 19.0 Å². The second-order valence-electron chi connectivity index (χ2n) is 9.56. The smallest absolute Gasteiger partial charge is 0.338 e. The molecule has 1 aliphatic rings. The van der Waals surface area contributed by atoms with Crippen LogP contribution in [0.2, 0.25) is 0 Å². The van der Waals surface area contributed by atoms with Crippen LogP contribution in [0.4, 0.5) is 0 Å². The Morgan fingerprint density at radius 3 is 2.66 bits per heavy atom. The number of hydrogen-bond acceptors (Lipinski definition) is 7. The molecule has 1 aliphatic heterocycles. The lowest BCUT2D eigenvalue weighted by atomic mass is 9.93. The predicted molar refractivity (Wildman–Crippen MR) is 161 cm³/mol. The highest BCUT2D eigenvalue weighted by atomic mass is 32.1. The van der Waals surface area contributed by atoms with Gasteiger partial charge in [0.2, 0.25) is 0 Å². The Balaban J connectivity index is 1.81. The van der Waals surface area contributed by atoms with Crippen molar-refractivity contribution in [3.05, 3.63) is 103 Å². The fourth-order valence-electron chi connectivity index (χ4n) is 5.29. The van der Waals surface area contributed by atoms with Crippen LogP contribution in [-0.2, 0) is 16.1 Å². The van der Waals surface area contributed by atoms with Gasteiger partial charge in [-0.2, -0.15) is 0 Å². The van der Waals surface area contributed by atoms with Gasteiger partial charge in [-0.25, -0.2) is 9.79 Å². The zero-order chi connectivity index (χ0) is 29.1. The van der Waals surface area contributed by atoms with Gasteiger partial charge in [-0.15, -0.1) is 6.58 Å². The molecule has 0 saturated heterocycles. The third-order valence-corrected chi connectivity index (χ3v) is 8.04. The lowest BCUT2D eigenvalue weighted by molar-refractivity contribution is -0.139. The SMILES string of the molecule is C=CCn1cc(/C=c2\sc3n(c2=O)[C@H](c2cc(OC)ccc2OC)C(C(=O)OCC)=C(CCC)N=3)c2ccccc21. The molecular formula is C32H33N3O5S. The van der Waals surface area contributed by atoms with Crippen molar-refractivity contribution in [2.75, 3.05) is 20.8 Å². The summed E-state index contributed by atoms with van der Waals surface area (Å²) in [5, 5.41) is 1.03. The van der Waals surface area contributed by atoms with Crippen LogP contribution >= 0.6 is 11.3 Å². The van der Waals surface area contributed by atoms with E-state index >= 15 is 0 Å². The van der Waals surface area contributed by atoms with Crippen molar-refractivity contribution in [1.82, 2.24) is 9.13 Å². The highest BCUT2D eigenvalue weighted by Gasteiger charge is 2.36. The topological polar surface area (TPSA) is 84.0 Å². The Hall–Kier alpha value is -4.37. The Bertz CT molecular complexity index is 1840. The monoisotopic (exact) mass is 571 g/mol. The summed E-state index contributed by atoms with van der Waals surface area (Å²) in [5.74, 6) is 0.601. The van der Waals surface area contributed by atoms with Crippen LogP contribution in [-0.4, -0.2) is 35.9 Å². The number of hydrogen-bond donors (Lipinski definition) is 0. The standard InChI is InChI=1S/C32H33N3O5S/c1-6-11-24-28(31(37)40-8-3)29(23-18-21(38-4)14-15-26(23)39-5)35-30(36)27(41-32(35)33-24)17-20-19-34(16-7-2)25-13-10-9-12-22(20)25/h7,9-10,12-15,17-19,29H,2,6,8,11,16H2,1,3-5H3/b27-17-/t29-/m1/s1. The molecule has 0 radical (unpaired) electrons. The van der Waals surface area contributed by atoms with Crippen molar-refractivity contribution in [2.45, 2.75) is 39.3 Å². The molecule has 0 bridgehead atoms. The minimum absolute atomic E-state index is 0.197. The quantitative estimate of drug-likeness (QED) is 0.203. The van der Waals surface area contributed by atoms with E-state index in [1.54, 1.807) is 43.9 Å². The first-order chi connectivity index (χ1) is 19.9. The first kappa shape index (κ1) is 28.2. The average molecular weight is 572 g/mol. The largest absolute Gasteiger partial charge is 0.497 e. The average Bonchev–Trinajstić information content (AvgIpc) is 3.49. The van der Waals surface area contributed by atoms with Crippen LogP contribution in [0.1, 0.15) is 43.9 Å². The number of aromatic nitrogens is 2. The zero-order valence-corrected chi connectivity index (χ0v) is 24.5. The number of ether oxygens (including phenoxy) is 3. The predicted octanol–water partition coefficient (Wildman–Crippen LogP) is 4.74. The number of thiazole rings is 1. The fraction of sp³-hybridized carbons (Fsp3) is 0.281. The summed E-state index contributed by atoms with van der Waals surface area (Å²) in [6, 6.07) is 12.6. The second-order valence-corrected chi connectivity index (χ2v) is 10.6. The van der Waals surface area contributed by atoms with E-state index in [0.717, 1.165) is 22.9 Å². The molecule has 4 aromatic rings. The number of esters is 1. The van der Waals surface area contributed by atoms with Gasteiger partial charge in [0.15, 0.2) is 4.80 Å². The summed E-state index contributed by atoms with van der Waals surface area (Å²) < 4.78 is 21.0. The van der Waals surface area contributed by atoms with Crippen LogP contribution in [0.25, 0.3) is 17.0 Å². The number of nitrogens with zero attached hydrogens (tertiary/aromatic N) is 3. The van der Waals surface area contributed by atoms with Crippen molar-refractivity contribution in [3.63, 3.8) is 0 Å². The minimum atomic E-state index is -0.804. The molecule has 0 fully saturated rings. The number of methoxy groups -OCH3 is 2. The number of carbonyl (C=O) groups excluding carboxylic acids is 1. The van der Waals surface area contributed by atoms with Gasteiger partial charge in [0.05, 0.1) is 36.6 Å². The Kier molecular flexibility index (Phi) is 8.26. The number of allylic oxidation sites excluding steroid dienone is 2. The maximum Gasteiger partial charge on any atom is 0.338 e. The maximum atomic E-state index is 14.2. The molecule has 0 saturated carbocycles. The molecule has 5 rings (SSSR count). The van der Waals surface area contributed by atoms with Gasteiger partial charge in [-0.3, -0.25) is 9.36 Å². The normalized spacial score (nSPS) is 15.0. The molecule has 0 spiro atoms. The van der Waals surface area contributed by atoms with Crippen LogP contribution in [0.3, 0.4) is 0 Å². The molecule has 2 aromatic carbocycles. The number of para-hydroxylation sites is 1. The maximum absolute atomic E-state index is 14.2. The van der Waals surface area contributed by atoms with Crippen molar-refractivity contribution in [3.8, 4) is 11.5 Å². The summed E-state index contributed by atoms with van der Waals surface area (Å²) in [5.41, 5.74) is 3.29. The lowest BCUT2D eigenvalue weighted by Gasteiger charge is -2.27. The molecule has 0 N–H and O–H groups in total. The molecule has 3 heterocycles. The van der Waals surface area contributed by atoms with Gasteiger partial charge in [-0.05, 0) is 43.7 Å². The molecule has 212 valence electrons. The third kappa shape index (κ3) is 5.13. The van der Waals surface area contributed by atoms with Gasteiger partial charge in [0.1, 0.15) is 17.5 Å². The van der Waals surface area contributed by atoms with Crippen LogP contribution in [0.15, 0.2) is 82.4 Å². The van der Waals surface area contributed by atoms with Crippen LogP contribution < -0.4 is 24.4 Å². The van der Waals surface area contributed by atoms with Gasteiger partial charge < -0.3 is 18.8 Å². The number of benzene rings is 2. The van der Waals surface area contributed by atoms with Crippen molar-refractivity contribution in [1.29, 1.82) is 0 Å². The first-order valence-electron chi connectivity index (χ1n) is 13.6. The Morgan fingerprint density at radius 2 is 1.95 bits per heavy atom. The van der Waals surface area contributed by atoms with Crippen LogP contribution in [0, 0.1) is 0 Å². The molecule has 0 aliphatic carbocycles. The number of fused-ring (bicyclic) bond motifs is 2. The summed E-state index contributed by atoms with van der Waals surface area (Å²) in [7, 11) is 3.14. The van der Waals surface area contributed by atoms with Crippen LogP contribution in [0.5, 0.6) is 11.5 Å². The number of rotatable bonds is 10. The van der Waals surface area contributed by atoms with Gasteiger partial charge in [0, 0.05) is 34.8 Å². The van der Waals surface area contributed by atoms with E-state index in [2.05, 4.69) is 17.2 Å². The minimum Gasteiger partial charge on any atom is -0.497 e. The summed E-state index contributed by atoms with van der Waals surface area (Å²) in [6.45, 7) is 8.51. The van der Waals surface area contributed by atoms with E-state index < -0.39 is 12.0 Å². The molecule has 8 nitrogen and oxygen atoms in total. The zero-order valence-electron chi connectivity index (χ0n) is 23.7. The third-order valence-electron chi connectivity index (χ3n) is 7.06. The molecule has 0 amide bonds. The molecule has 0 unspecified atom stereocenters. The van der Waals surface area contributed by atoms with E-state index in [9.17, 15) is 9.59 Å². The van der Waals surface area contributed by atoms with E-state index in [4.69, 9.17) is 19.2 Å². The Morgan fingerprint density at radius 1 is 1.15 bits per heavy atom. The summed E-state index contributed by atoms with van der Waals surface area (Å²) >= 11 is 1.31. The fourth-order valence-corrected chi connectivity index (χ4v) is 6.30. The highest BCUT2D eigenvalue weighted by Crippen LogP contribution is 2.38. The van der Waals surface area contributed by atoms with E-state index in [0.29, 0.717) is 50.6 Å². The number of carbonyl (C=O) groups is 1. The van der Waals surface area contributed by atoms with E-state index in [1.165, 1.54) is 11.3 Å². The van der Waals surface area contributed by atoms with Crippen molar-refractivity contribution in [2.24, 2.45) is 4.99 Å². The van der Waals surface area contributed by atoms with Gasteiger partial charge in [0.25, 0.3) is 5.56 Å². The second kappa shape index (κ2) is 12.0. The first-order valence-corrected chi connectivity index (χ1v) is 14.4. The Labute approximate surface area is 242 Å². The summed E-state index contributed by atoms with van der Waals surface area (Å²) in [4.78, 5) is 33.1. The van der Waals surface area contributed by atoms with E-state index in [1.807, 2.05) is 43.5 Å². The van der Waals surface area contributed by atoms with Gasteiger partial charge in [-0.1, -0.05) is 49.0 Å². The van der Waals surface area contributed by atoms with Gasteiger partial charge >= 0.3 is 5.97 Å². The van der Waals surface area contributed by atoms with Crippen molar-refractivity contribution >= 4 is 34.3 Å². The van der Waals surface area contributed by atoms with E-state index in [-0.39, 0.29) is 12.2 Å². The molecule has 1 atom stereocenters. The molecular weight excluding hydrogens is 538 g/mol. The molecule has 9 heteroatoms. The lowest BCUT2D eigenvalue weighted by Crippen LogP contribution is -2.40.